The molecule has 0 spiro atoms. The molecule has 12 heteroatoms. The number of carbonyl (C=O) groups is 4. The van der Waals surface area contributed by atoms with Crippen LogP contribution < -0.4 is 0 Å². The largest absolute Gasteiger partial charge is 0.479 e. The minimum Gasteiger partial charge on any atom is -0.479 e. The fourth-order valence-corrected chi connectivity index (χ4v) is 10.5. The Morgan fingerprint density at radius 1 is 0.398 bits per heavy atom. The summed E-state index contributed by atoms with van der Waals surface area (Å²) < 4.78 is 28.6. The lowest BCUT2D eigenvalue weighted by atomic mass is 9.98. The van der Waals surface area contributed by atoms with Crippen LogP contribution in [0.2, 0.25) is 0 Å². The molecule has 0 aromatic rings. The van der Waals surface area contributed by atoms with Crippen molar-refractivity contribution in [1.29, 1.82) is 0 Å². The molecule has 1 aliphatic rings. The van der Waals surface area contributed by atoms with E-state index in [0.29, 0.717) is 19.3 Å². The Morgan fingerprint density at radius 3 is 1.11 bits per heavy atom. The van der Waals surface area contributed by atoms with E-state index in [1.165, 1.54) is 180 Å². The molecule has 0 radical (unpaired) electrons. The smallest absolute Gasteiger partial charge is 0.335 e. The molecule has 1 rings (SSSR count). The summed E-state index contributed by atoms with van der Waals surface area (Å²) in [7, 11) is 0. The van der Waals surface area contributed by atoms with Gasteiger partial charge < -0.3 is 39.0 Å². The molecule has 6 atom stereocenters. The van der Waals surface area contributed by atoms with E-state index < -0.39 is 67.3 Å². The Labute approximate surface area is 507 Å². The third kappa shape index (κ3) is 48.5. The van der Waals surface area contributed by atoms with Gasteiger partial charge in [0.2, 0.25) is 0 Å². The highest BCUT2D eigenvalue weighted by atomic mass is 16.7. The van der Waals surface area contributed by atoms with Crippen LogP contribution >= 0.6 is 0 Å². The van der Waals surface area contributed by atoms with Crippen LogP contribution in [0, 0.1) is 0 Å². The van der Waals surface area contributed by atoms with Crippen LogP contribution in [0.15, 0.2) is 48.6 Å². The summed E-state index contributed by atoms with van der Waals surface area (Å²) in [6, 6.07) is 0. The van der Waals surface area contributed by atoms with Gasteiger partial charge in [-0.15, -0.1) is 0 Å². The number of aliphatic carboxylic acids is 1. The van der Waals surface area contributed by atoms with Gasteiger partial charge in [-0.3, -0.25) is 14.4 Å². The van der Waals surface area contributed by atoms with E-state index in [0.717, 1.165) is 89.9 Å². The van der Waals surface area contributed by atoms with Crippen LogP contribution in [0.25, 0.3) is 0 Å². The van der Waals surface area contributed by atoms with E-state index in [-0.39, 0.29) is 25.9 Å². The molecule has 0 aromatic carbocycles. The Kier molecular flexibility index (Phi) is 55.3. The van der Waals surface area contributed by atoms with Gasteiger partial charge in [0, 0.05) is 19.3 Å². The summed E-state index contributed by atoms with van der Waals surface area (Å²) in [5.74, 6) is -3.10. The normalized spacial score (nSPS) is 17.8. The van der Waals surface area contributed by atoms with Crippen molar-refractivity contribution in [2.75, 3.05) is 13.2 Å². The Balaban J connectivity index is 2.62. The molecule has 1 fully saturated rings. The fraction of sp³-hybridized carbons (Fsp3) is 0.831. The number of hydrogen-bond donors (Lipinski definition) is 3. The van der Waals surface area contributed by atoms with Crippen molar-refractivity contribution in [1.82, 2.24) is 0 Å². The van der Waals surface area contributed by atoms with Crippen LogP contribution in [-0.4, -0.2) is 89.2 Å². The van der Waals surface area contributed by atoms with Gasteiger partial charge in [0.15, 0.2) is 24.6 Å². The van der Waals surface area contributed by atoms with Crippen molar-refractivity contribution < 1.29 is 58.2 Å². The summed E-state index contributed by atoms with van der Waals surface area (Å²) in [6.45, 7) is 6.00. The van der Waals surface area contributed by atoms with Gasteiger partial charge in [-0.05, 0) is 83.5 Å². The maximum Gasteiger partial charge on any atom is 0.335 e. The number of esters is 3. The Morgan fingerprint density at radius 2 is 0.723 bits per heavy atom. The fourth-order valence-electron chi connectivity index (χ4n) is 10.5. The van der Waals surface area contributed by atoms with Crippen LogP contribution in [0.5, 0.6) is 0 Å². The average Bonchev–Trinajstić information content (AvgIpc) is 3.57. The maximum atomic E-state index is 13.2. The lowest BCUT2D eigenvalue weighted by Crippen LogP contribution is -2.61. The summed E-state index contributed by atoms with van der Waals surface area (Å²) >= 11 is 0. The molecular weight excluding hydrogens is 1040 g/mol. The van der Waals surface area contributed by atoms with Crippen LogP contribution in [0.1, 0.15) is 329 Å². The number of carbonyl (C=O) groups excluding carboxylic acids is 3. The number of hydrogen-bond acceptors (Lipinski definition) is 11. The second-order valence-electron chi connectivity index (χ2n) is 23.8. The van der Waals surface area contributed by atoms with E-state index in [1.54, 1.807) is 0 Å². The summed E-state index contributed by atoms with van der Waals surface area (Å²) in [5, 5.41) is 31.7. The minimum absolute atomic E-state index is 0.0578. The number of aliphatic hydroxyl groups is 2. The first-order valence-corrected chi connectivity index (χ1v) is 34.6. The summed E-state index contributed by atoms with van der Waals surface area (Å²) in [5.41, 5.74) is 0. The first-order valence-electron chi connectivity index (χ1n) is 34.6. The third-order valence-corrected chi connectivity index (χ3v) is 15.9. The zero-order chi connectivity index (χ0) is 60.3. The van der Waals surface area contributed by atoms with E-state index in [4.69, 9.17) is 23.7 Å². The topological polar surface area (TPSA) is 175 Å². The maximum absolute atomic E-state index is 13.2. The molecule has 0 saturated carbocycles. The first kappa shape index (κ1) is 77.7. The number of aliphatic hydroxyl groups excluding tert-OH is 2. The number of allylic oxidation sites excluding steroid dienone is 8. The lowest BCUT2D eigenvalue weighted by molar-refractivity contribution is -0.301. The minimum atomic E-state index is -1.90. The zero-order valence-corrected chi connectivity index (χ0v) is 53.5. The monoisotopic (exact) mass is 1170 g/mol. The second kappa shape index (κ2) is 59.0. The highest BCUT2D eigenvalue weighted by Gasteiger charge is 2.50. The predicted molar refractivity (Wildman–Crippen MR) is 340 cm³/mol. The molecule has 83 heavy (non-hydrogen) atoms. The van der Waals surface area contributed by atoms with Crippen LogP contribution in [0.4, 0.5) is 0 Å². The van der Waals surface area contributed by atoms with Crippen LogP contribution in [0.3, 0.4) is 0 Å². The van der Waals surface area contributed by atoms with Crippen LogP contribution in [-0.2, 0) is 42.9 Å². The van der Waals surface area contributed by atoms with E-state index in [1.807, 2.05) is 0 Å². The van der Waals surface area contributed by atoms with Gasteiger partial charge in [-0.2, -0.15) is 0 Å². The van der Waals surface area contributed by atoms with Crippen molar-refractivity contribution in [3.63, 3.8) is 0 Å². The number of unbranched alkanes of at least 4 members (excludes halogenated alkanes) is 38. The molecule has 0 aromatic heterocycles. The van der Waals surface area contributed by atoms with Gasteiger partial charge in [0.25, 0.3) is 0 Å². The average molecular weight is 1170 g/mol. The standard InChI is InChI=1S/C71H126O12/c1-4-7-10-13-16-19-22-25-28-30-32-34-37-39-42-45-48-51-54-57-63(72)79-60-62(81-64(73)58-55-52-49-46-43-40-36-27-24-21-18-15-12-9-6-3)61-80-71-69(67(76)66(75)68(83-71)70(77)78)82-65(74)59-56-53-50-47-44-41-38-35-33-31-29-26-23-20-17-14-11-8-5-2/h16-17,19-20,25-26,28-29,62,66-69,71,75-76H,4-15,18,21-24,27,30-61H2,1-3H3,(H,77,78)/b19-16-,20-17-,28-25-,29-26-. The van der Waals surface area contributed by atoms with Crippen molar-refractivity contribution in [2.45, 2.75) is 366 Å². The summed E-state index contributed by atoms with van der Waals surface area (Å²) in [4.78, 5) is 51.4. The van der Waals surface area contributed by atoms with Crippen molar-refractivity contribution in [3.05, 3.63) is 48.6 Å². The number of ether oxygens (including phenoxy) is 5. The van der Waals surface area contributed by atoms with E-state index in [9.17, 15) is 34.5 Å². The van der Waals surface area contributed by atoms with Crippen molar-refractivity contribution in [3.8, 4) is 0 Å². The highest BCUT2D eigenvalue weighted by molar-refractivity contribution is 5.74. The molecule has 0 aliphatic carbocycles. The second-order valence-corrected chi connectivity index (χ2v) is 23.8. The molecule has 482 valence electrons. The van der Waals surface area contributed by atoms with Gasteiger partial charge in [0.05, 0.1) is 6.61 Å². The third-order valence-electron chi connectivity index (χ3n) is 15.9. The van der Waals surface area contributed by atoms with E-state index >= 15 is 0 Å². The number of carboxylic acid groups (broad SMARTS) is 1. The summed E-state index contributed by atoms with van der Waals surface area (Å²) in [6.07, 6.45) is 60.6. The van der Waals surface area contributed by atoms with Gasteiger partial charge in [-0.1, -0.05) is 275 Å². The first-order chi connectivity index (χ1) is 40.6. The predicted octanol–water partition coefficient (Wildman–Crippen LogP) is 18.9. The zero-order valence-electron chi connectivity index (χ0n) is 53.5. The van der Waals surface area contributed by atoms with Gasteiger partial charge in [0.1, 0.15) is 18.8 Å². The molecular formula is C71H126O12. The van der Waals surface area contributed by atoms with Crippen molar-refractivity contribution >= 4 is 23.9 Å². The van der Waals surface area contributed by atoms with Gasteiger partial charge in [-0.25, -0.2) is 4.79 Å². The molecule has 0 bridgehead atoms. The molecule has 0 amide bonds. The SMILES string of the molecule is CCCCC/C=C\C/C=C\CCCCCCCCCCCC(=O)OCC(COC1OC(C(=O)O)C(O)C(O)C1OC(=O)CCCCCCCCCCC/C=C\C/C=C\CCCCC)OC(=O)CCCCCCCCCCCCCCCCC. The number of carboxylic acids is 1. The highest BCUT2D eigenvalue weighted by Crippen LogP contribution is 2.27. The Bertz CT molecular complexity index is 1630. The quantitative estimate of drug-likeness (QED) is 0.0228. The molecule has 1 saturated heterocycles. The molecule has 1 aliphatic heterocycles. The molecule has 3 N–H and O–H groups in total. The van der Waals surface area contributed by atoms with Crippen molar-refractivity contribution in [2.24, 2.45) is 0 Å². The van der Waals surface area contributed by atoms with Gasteiger partial charge >= 0.3 is 23.9 Å². The lowest BCUT2D eigenvalue weighted by Gasteiger charge is -2.40. The van der Waals surface area contributed by atoms with E-state index in [2.05, 4.69) is 69.4 Å². The molecule has 6 unspecified atom stereocenters. The molecule has 12 nitrogen and oxygen atoms in total. The Hall–Kier alpha value is -3.32. The molecule has 1 heterocycles. The number of rotatable bonds is 60.